The third-order valence-electron chi connectivity index (χ3n) is 14.1. The number of rotatable bonds is 49. The molecule has 2 aliphatic rings. The highest BCUT2D eigenvalue weighted by molar-refractivity contribution is 5.69. The molecule has 0 spiro atoms. The van der Waals surface area contributed by atoms with E-state index in [1.807, 2.05) is 0 Å². The monoisotopic (exact) mass is 1110 g/mol. The normalized spacial score (nSPS) is 24.7. The molecule has 0 amide bonds. The van der Waals surface area contributed by atoms with Crippen LogP contribution in [0.1, 0.15) is 206 Å². The molecule has 14 heteroatoms. The lowest BCUT2D eigenvalue weighted by Crippen LogP contribution is -2.61. The van der Waals surface area contributed by atoms with Gasteiger partial charge >= 0.3 is 5.97 Å². The lowest BCUT2D eigenvalue weighted by atomic mass is 9.98. The average Bonchev–Trinajstić information content (AvgIpc) is 3.46. The van der Waals surface area contributed by atoms with Crippen molar-refractivity contribution in [2.24, 2.45) is 0 Å². The molecule has 0 radical (unpaired) electrons. The Labute approximate surface area is 477 Å². The summed E-state index contributed by atoms with van der Waals surface area (Å²) in [5.74, 6) is -0.385. The molecule has 0 aromatic carbocycles. The van der Waals surface area contributed by atoms with Gasteiger partial charge in [0, 0.05) is 13.0 Å². The molecule has 7 N–H and O–H groups in total. The molecule has 11 unspecified atom stereocenters. The van der Waals surface area contributed by atoms with Gasteiger partial charge in [-0.25, -0.2) is 0 Å². The van der Waals surface area contributed by atoms with Crippen LogP contribution < -0.4 is 0 Å². The van der Waals surface area contributed by atoms with Crippen molar-refractivity contribution >= 4 is 5.97 Å². The molecule has 11 atom stereocenters. The Morgan fingerprint density at radius 3 is 1.23 bits per heavy atom. The van der Waals surface area contributed by atoms with Crippen molar-refractivity contribution in [1.82, 2.24) is 0 Å². The van der Waals surface area contributed by atoms with E-state index in [9.17, 15) is 40.5 Å². The number of esters is 1. The first kappa shape index (κ1) is 72.0. The van der Waals surface area contributed by atoms with Gasteiger partial charge < -0.3 is 64.2 Å². The number of ether oxygens (including phenoxy) is 6. The van der Waals surface area contributed by atoms with Crippen LogP contribution in [0, 0.1) is 0 Å². The van der Waals surface area contributed by atoms with Gasteiger partial charge in [-0.05, 0) is 89.9 Å². The zero-order valence-electron chi connectivity index (χ0n) is 48.8. The Balaban J connectivity index is 1.69. The van der Waals surface area contributed by atoms with Crippen LogP contribution in [-0.4, -0.2) is 142 Å². The van der Waals surface area contributed by atoms with Crippen LogP contribution in [0.3, 0.4) is 0 Å². The van der Waals surface area contributed by atoms with E-state index in [1.54, 1.807) is 0 Å². The quantitative estimate of drug-likeness (QED) is 0.0172. The summed E-state index contributed by atoms with van der Waals surface area (Å²) in [5, 5.41) is 72.5. The van der Waals surface area contributed by atoms with Crippen LogP contribution in [0.5, 0.6) is 0 Å². The van der Waals surface area contributed by atoms with E-state index in [0.29, 0.717) is 13.0 Å². The molecule has 2 saturated heterocycles. The van der Waals surface area contributed by atoms with Crippen molar-refractivity contribution in [1.29, 1.82) is 0 Å². The van der Waals surface area contributed by atoms with E-state index in [4.69, 9.17) is 28.4 Å². The summed E-state index contributed by atoms with van der Waals surface area (Å²) in [6.45, 7) is 3.44. The van der Waals surface area contributed by atoms with Crippen molar-refractivity contribution in [3.05, 3.63) is 97.2 Å². The van der Waals surface area contributed by atoms with Crippen LogP contribution in [0.4, 0.5) is 0 Å². The second-order valence-corrected chi connectivity index (χ2v) is 21.1. The van der Waals surface area contributed by atoms with Crippen molar-refractivity contribution in [2.75, 3.05) is 33.0 Å². The van der Waals surface area contributed by atoms with E-state index in [1.165, 1.54) is 70.6 Å². The number of hydrogen-bond donors (Lipinski definition) is 7. The number of unbranched alkanes of at least 4 members (excludes halogenated alkanes) is 19. The smallest absolute Gasteiger partial charge is 0.306 e. The first-order valence-electron chi connectivity index (χ1n) is 30.8. The van der Waals surface area contributed by atoms with Gasteiger partial charge in [0.2, 0.25) is 0 Å². The number of hydrogen-bond acceptors (Lipinski definition) is 14. The van der Waals surface area contributed by atoms with E-state index in [-0.39, 0.29) is 25.6 Å². The fraction of sp³-hybridized carbons (Fsp3) is 0.738. The van der Waals surface area contributed by atoms with Crippen molar-refractivity contribution in [3.63, 3.8) is 0 Å². The van der Waals surface area contributed by atoms with Gasteiger partial charge in [-0.15, -0.1) is 0 Å². The third kappa shape index (κ3) is 36.9. The molecule has 14 nitrogen and oxygen atoms in total. The van der Waals surface area contributed by atoms with E-state index in [2.05, 4.69) is 111 Å². The summed E-state index contributed by atoms with van der Waals surface area (Å²) < 4.78 is 34.4. The summed E-state index contributed by atoms with van der Waals surface area (Å²) in [7, 11) is 0. The fourth-order valence-corrected chi connectivity index (χ4v) is 9.21. The average molecular weight is 1120 g/mol. The minimum Gasteiger partial charge on any atom is -0.457 e. The van der Waals surface area contributed by atoms with Crippen molar-refractivity contribution < 1.29 is 69.0 Å². The van der Waals surface area contributed by atoms with Crippen molar-refractivity contribution in [3.8, 4) is 0 Å². The summed E-state index contributed by atoms with van der Waals surface area (Å²) in [6.07, 6.45) is 51.8. The standard InChI is InChI=1S/C65H110O14/c1-3-5-7-9-11-13-15-17-19-21-23-25-26-27-28-29-30-32-34-36-38-40-42-44-46-48-57(67)77-54(51-74-49-47-45-43-41-39-37-35-33-31-24-22-20-18-16-14-12-10-8-6-4-2)52-75-64-63(73)61(71)59(69)56(79-64)53-76-65-62(72)60(70)58(68)55(50-66)78-65/h5-8,11-14,17-20,23-25,31,54-56,58-66,68-73H,3-4,9-10,15-16,21-22,26-30,32-53H2,1-2H3/b7-5-,8-6-,13-11-,14-12-,19-17-,20-18-,25-23-,31-24-. The van der Waals surface area contributed by atoms with Gasteiger partial charge in [0.05, 0.1) is 26.4 Å². The molecule has 79 heavy (non-hydrogen) atoms. The minimum absolute atomic E-state index is 0.0483. The highest BCUT2D eigenvalue weighted by Gasteiger charge is 2.47. The number of allylic oxidation sites excluding steroid dienone is 16. The van der Waals surface area contributed by atoms with Gasteiger partial charge in [-0.1, -0.05) is 207 Å². The molecule has 2 heterocycles. The Kier molecular flexibility index (Phi) is 46.1. The highest BCUT2D eigenvalue weighted by atomic mass is 16.7. The highest BCUT2D eigenvalue weighted by Crippen LogP contribution is 2.27. The molecule has 0 aromatic rings. The predicted octanol–water partition coefficient (Wildman–Crippen LogP) is 11.7. The van der Waals surface area contributed by atoms with E-state index < -0.39 is 80.7 Å². The maximum absolute atomic E-state index is 13.1. The van der Waals surface area contributed by atoms with Crippen LogP contribution >= 0.6 is 0 Å². The predicted molar refractivity (Wildman–Crippen MR) is 316 cm³/mol. The second kappa shape index (κ2) is 50.6. The van der Waals surface area contributed by atoms with Crippen LogP contribution in [0.2, 0.25) is 0 Å². The SMILES string of the molecule is CC/C=C\C/C=C\C/C=C\C/C=C\CCCCCCCCCCCCCCC(=O)OC(COCCCCCCCCC/C=C\C/C=C\C/C=C\C/C=C\CC)COC1OC(COC2OC(CO)C(O)C(O)C2O)C(O)C(O)C1O. The molecule has 2 rings (SSSR count). The zero-order chi connectivity index (χ0) is 57.2. The van der Waals surface area contributed by atoms with Gasteiger partial charge in [-0.2, -0.15) is 0 Å². The van der Waals surface area contributed by atoms with Gasteiger partial charge in [0.15, 0.2) is 12.6 Å². The topological polar surface area (TPSA) is 214 Å². The maximum atomic E-state index is 13.1. The fourth-order valence-electron chi connectivity index (χ4n) is 9.21. The molecular weight excluding hydrogens is 1000 g/mol. The van der Waals surface area contributed by atoms with E-state index >= 15 is 0 Å². The molecule has 0 aromatic heterocycles. The van der Waals surface area contributed by atoms with Crippen molar-refractivity contribution in [2.45, 2.75) is 274 Å². The molecule has 454 valence electrons. The Morgan fingerprint density at radius 2 is 0.785 bits per heavy atom. The maximum Gasteiger partial charge on any atom is 0.306 e. The second-order valence-electron chi connectivity index (χ2n) is 21.1. The summed E-state index contributed by atoms with van der Waals surface area (Å²) in [4.78, 5) is 13.1. The Bertz CT molecular complexity index is 1670. The molecule has 2 aliphatic heterocycles. The Morgan fingerprint density at radius 1 is 0.418 bits per heavy atom. The number of aliphatic hydroxyl groups excluding tert-OH is 7. The zero-order valence-corrected chi connectivity index (χ0v) is 48.8. The summed E-state index contributed by atoms with van der Waals surface area (Å²) in [5.41, 5.74) is 0. The number of aliphatic hydroxyl groups is 7. The number of carbonyl (C=O) groups is 1. The lowest BCUT2D eigenvalue weighted by Gasteiger charge is -2.42. The van der Waals surface area contributed by atoms with Crippen LogP contribution in [-0.2, 0) is 33.2 Å². The lowest BCUT2D eigenvalue weighted by molar-refractivity contribution is -0.332. The van der Waals surface area contributed by atoms with Gasteiger partial charge in [0.1, 0.15) is 54.9 Å². The third-order valence-corrected chi connectivity index (χ3v) is 14.1. The first-order valence-corrected chi connectivity index (χ1v) is 30.8. The number of carbonyl (C=O) groups excluding carboxylic acids is 1. The van der Waals surface area contributed by atoms with Gasteiger partial charge in [-0.3, -0.25) is 4.79 Å². The first-order chi connectivity index (χ1) is 38.6. The largest absolute Gasteiger partial charge is 0.457 e. The van der Waals surface area contributed by atoms with E-state index in [0.717, 1.165) is 109 Å². The summed E-state index contributed by atoms with van der Waals surface area (Å²) in [6, 6.07) is 0. The molecule has 2 fully saturated rings. The van der Waals surface area contributed by atoms with Crippen LogP contribution in [0.25, 0.3) is 0 Å². The molecule has 0 saturated carbocycles. The van der Waals surface area contributed by atoms with Gasteiger partial charge in [0.25, 0.3) is 0 Å². The molecular formula is C65H110O14. The van der Waals surface area contributed by atoms with Crippen LogP contribution in [0.15, 0.2) is 97.2 Å². The molecule has 0 bridgehead atoms. The minimum atomic E-state index is -1.72. The summed E-state index contributed by atoms with van der Waals surface area (Å²) >= 11 is 0. The Hall–Kier alpha value is -3.09. The molecule has 0 aliphatic carbocycles.